The zero-order valence-electron chi connectivity index (χ0n) is 11.6. The van der Waals surface area contributed by atoms with Crippen LogP contribution in [0.5, 0.6) is 0 Å². The molecule has 5 nitrogen and oxygen atoms in total. The second-order valence-corrected chi connectivity index (χ2v) is 5.19. The maximum absolute atomic E-state index is 10.00. The first-order chi connectivity index (χ1) is 8.88. The fraction of sp³-hybridized carbons (Fsp3) is 0.429. The molecule has 0 bridgehead atoms. The SMILES string of the molecule is Cc1nnc(-c2ccccc2NC(C)C(C)(C)O)o1. The third kappa shape index (κ3) is 3.12. The lowest BCUT2D eigenvalue weighted by Crippen LogP contribution is -2.39. The molecule has 0 saturated carbocycles. The Morgan fingerprint density at radius 2 is 1.95 bits per heavy atom. The molecule has 1 unspecified atom stereocenters. The van der Waals surface area contributed by atoms with E-state index in [-0.39, 0.29) is 6.04 Å². The molecule has 2 N–H and O–H groups in total. The molecular weight excluding hydrogens is 242 g/mol. The molecule has 1 aromatic heterocycles. The first-order valence-electron chi connectivity index (χ1n) is 6.26. The molecule has 0 radical (unpaired) electrons. The summed E-state index contributed by atoms with van der Waals surface area (Å²) in [5.74, 6) is 1.00. The molecule has 0 aliphatic rings. The third-order valence-electron chi connectivity index (χ3n) is 3.12. The van der Waals surface area contributed by atoms with E-state index in [1.165, 1.54) is 0 Å². The van der Waals surface area contributed by atoms with Crippen LogP contribution in [0.3, 0.4) is 0 Å². The summed E-state index contributed by atoms with van der Waals surface area (Å²) in [5.41, 5.74) is 0.873. The summed E-state index contributed by atoms with van der Waals surface area (Å²) in [6.07, 6.45) is 0. The van der Waals surface area contributed by atoms with Gasteiger partial charge in [0.2, 0.25) is 11.8 Å². The van der Waals surface area contributed by atoms with Crippen LogP contribution in [-0.4, -0.2) is 26.9 Å². The van der Waals surface area contributed by atoms with Crippen LogP contribution in [0.2, 0.25) is 0 Å². The lowest BCUT2D eigenvalue weighted by atomic mass is 10.00. The van der Waals surface area contributed by atoms with Gasteiger partial charge >= 0.3 is 0 Å². The molecule has 0 aliphatic heterocycles. The molecule has 0 aliphatic carbocycles. The highest BCUT2D eigenvalue weighted by molar-refractivity contribution is 5.72. The van der Waals surface area contributed by atoms with Gasteiger partial charge in [-0.15, -0.1) is 10.2 Å². The largest absolute Gasteiger partial charge is 0.421 e. The Morgan fingerprint density at radius 3 is 2.53 bits per heavy atom. The Hall–Kier alpha value is -1.88. The highest BCUT2D eigenvalue weighted by Crippen LogP contribution is 2.28. The average Bonchev–Trinajstić information content (AvgIpc) is 2.75. The fourth-order valence-corrected chi connectivity index (χ4v) is 1.61. The van der Waals surface area contributed by atoms with E-state index in [1.54, 1.807) is 20.8 Å². The van der Waals surface area contributed by atoms with Gasteiger partial charge < -0.3 is 14.8 Å². The highest BCUT2D eigenvalue weighted by atomic mass is 16.4. The molecule has 0 saturated heterocycles. The first-order valence-corrected chi connectivity index (χ1v) is 6.26. The van der Waals surface area contributed by atoms with Crippen molar-refractivity contribution in [2.24, 2.45) is 0 Å². The predicted octanol–water partition coefficient (Wildman–Crippen LogP) is 2.62. The van der Waals surface area contributed by atoms with Crippen LogP contribution in [-0.2, 0) is 0 Å². The zero-order valence-corrected chi connectivity index (χ0v) is 11.6. The van der Waals surface area contributed by atoms with Crippen LogP contribution in [0.1, 0.15) is 26.7 Å². The zero-order chi connectivity index (χ0) is 14.0. The molecule has 2 rings (SSSR count). The van der Waals surface area contributed by atoms with E-state index >= 15 is 0 Å². The first kappa shape index (κ1) is 13.5. The summed E-state index contributed by atoms with van der Waals surface area (Å²) in [6.45, 7) is 7.22. The van der Waals surface area contributed by atoms with Gasteiger partial charge in [0.1, 0.15) is 0 Å². The third-order valence-corrected chi connectivity index (χ3v) is 3.12. The molecule has 19 heavy (non-hydrogen) atoms. The minimum Gasteiger partial charge on any atom is -0.421 e. The van der Waals surface area contributed by atoms with E-state index < -0.39 is 5.60 Å². The van der Waals surface area contributed by atoms with E-state index in [0.717, 1.165) is 11.3 Å². The lowest BCUT2D eigenvalue weighted by Gasteiger charge is -2.28. The van der Waals surface area contributed by atoms with Crippen LogP contribution in [0.25, 0.3) is 11.5 Å². The molecule has 0 fully saturated rings. The van der Waals surface area contributed by atoms with Crippen molar-refractivity contribution in [1.82, 2.24) is 10.2 Å². The van der Waals surface area contributed by atoms with E-state index in [1.807, 2.05) is 31.2 Å². The Labute approximate surface area is 112 Å². The van der Waals surface area contributed by atoms with Gasteiger partial charge in [0.25, 0.3) is 0 Å². The number of rotatable bonds is 4. The van der Waals surface area contributed by atoms with Gasteiger partial charge in [-0.2, -0.15) is 0 Å². The van der Waals surface area contributed by atoms with Crippen molar-refractivity contribution in [3.63, 3.8) is 0 Å². The van der Waals surface area contributed by atoms with Gasteiger partial charge in [-0.3, -0.25) is 0 Å². The number of benzene rings is 1. The number of para-hydroxylation sites is 1. The summed E-state index contributed by atoms with van der Waals surface area (Å²) < 4.78 is 5.45. The standard InChI is InChI=1S/C14H19N3O2/c1-9(14(3,4)18)15-12-8-6-5-7-11(12)13-17-16-10(2)19-13/h5-9,15,18H,1-4H3. The van der Waals surface area contributed by atoms with Crippen LogP contribution >= 0.6 is 0 Å². The molecule has 1 heterocycles. The molecule has 0 spiro atoms. The monoisotopic (exact) mass is 261 g/mol. The number of aromatic nitrogens is 2. The number of anilines is 1. The Balaban J connectivity index is 2.32. The molecule has 0 amide bonds. The molecule has 1 atom stereocenters. The quantitative estimate of drug-likeness (QED) is 0.885. The van der Waals surface area contributed by atoms with Crippen molar-refractivity contribution in [3.8, 4) is 11.5 Å². The number of nitrogens with zero attached hydrogens (tertiary/aromatic N) is 2. The minimum absolute atomic E-state index is 0.113. The summed E-state index contributed by atoms with van der Waals surface area (Å²) in [4.78, 5) is 0. The Morgan fingerprint density at radius 1 is 1.26 bits per heavy atom. The summed E-state index contributed by atoms with van der Waals surface area (Å²) in [5, 5.41) is 21.1. The van der Waals surface area contributed by atoms with E-state index in [9.17, 15) is 5.11 Å². The number of hydrogen-bond donors (Lipinski definition) is 2. The number of hydrogen-bond acceptors (Lipinski definition) is 5. The molecule has 2 aromatic rings. The van der Waals surface area contributed by atoms with E-state index in [0.29, 0.717) is 11.8 Å². The van der Waals surface area contributed by atoms with Gasteiger partial charge in [-0.1, -0.05) is 12.1 Å². The van der Waals surface area contributed by atoms with Crippen LogP contribution in [0.4, 0.5) is 5.69 Å². The van der Waals surface area contributed by atoms with E-state index in [4.69, 9.17) is 4.42 Å². The number of aliphatic hydroxyl groups is 1. The average molecular weight is 261 g/mol. The van der Waals surface area contributed by atoms with Gasteiger partial charge in [0.05, 0.1) is 17.2 Å². The van der Waals surface area contributed by atoms with E-state index in [2.05, 4.69) is 15.5 Å². The minimum atomic E-state index is -0.822. The second kappa shape index (κ2) is 5.01. The lowest BCUT2D eigenvalue weighted by molar-refractivity contribution is 0.0649. The van der Waals surface area contributed by atoms with Gasteiger partial charge in [0.15, 0.2) is 0 Å². The van der Waals surface area contributed by atoms with Crippen LogP contribution in [0.15, 0.2) is 28.7 Å². The second-order valence-electron chi connectivity index (χ2n) is 5.19. The smallest absolute Gasteiger partial charge is 0.249 e. The number of nitrogens with one attached hydrogen (secondary N) is 1. The maximum atomic E-state index is 10.00. The number of aryl methyl sites for hydroxylation is 1. The van der Waals surface area contributed by atoms with Crippen molar-refractivity contribution < 1.29 is 9.52 Å². The molecule has 102 valence electrons. The molecule has 1 aromatic carbocycles. The molecule has 5 heteroatoms. The molecular formula is C14H19N3O2. The Bertz CT molecular complexity index is 558. The fourth-order valence-electron chi connectivity index (χ4n) is 1.61. The van der Waals surface area contributed by atoms with Crippen molar-refractivity contribution >= 4 is 5.69 Å². The van der Waals surface area contributed by atoms with Crippen molar-refractivity contribution in [2.45, 2.75) is 39.3 Å². The van der Waals surface area contributed by atoms with Gasteiger partial charge in [-0.25, -0.2) is 0 Å². The van der Waals surface area contributed by atoms with Gasteiger partial charge in [0, 0.05) is 12.6 Å². The topological polar surface area (TPSA) is 71.2 Å². The van der Waals surface area contributed by atoms with Crippen molar-refractivity contribution in [3.05, 3.63) is 30.2 Å². The highest BCUT2D eigenvalue weighted by Gasteiger charge is 2.23. The summed E-state index contributed by atoms with van der Waals surface area (Å²) >= 11 is 0. The summed E-state index contributed by atoms with van der Waals surface area (Å²) in [7, 11) is 0. The predicted molar refractivity (Wildman–Crippen MR) is 73.9 cm³/mol. The Kier molecular flexibility index (Phi) is 3.57. The van der Waals surface area contributed by atoms with Crippen molar-refractivity contribution in [2.75, 3.05) is 5.32 Å². The maximum Gasteiger partial charge on any atom is 0.249 e. The van der Waals surface area contributed by atoms with Crippen LogP contribution in [0, 0.1) is 6.92 Å². The summed E-state index contributed by atoms with van der Waals surface area (Å²) in [6, 6.07) is 7.56. The normalized spacial score (nSPS) is 13.3. The van der Waals surface area contributed by atoms with Gasteiger partial charge in [-0.05, 0) is 32.9 Å². The van der Waals surface area contributed by atoms with Crippen LogP contribution < -0.4 is 5.32 Å². The van der Waals surface area contributed by atoms with Crippen molar-refractivity contribution in [1.29, 1.82) is 0 Å².